The number of H-pyrrole nitrogens is 1. The number of rotatable bonds is 5. The van der Waals surface area contributed by atoms with Crippen molar-refractivity contribution in [3.63, 3.8) is 0 Å². The Labute approximate surface area is 140 Å². The van der Waals surface area contributed by atoms with E-state index >= 15 is 0 Å². The van der Waals surface area contributed by atoms with Crippen LogP contribution in [0.5, 0.6) is 0 Å². The van der Waals surface area contributed by atoms with E-state index in [1.54, 1.807) is 19.2 Å². The first kappa shape index (κ1) is 15.9. The van der Waals surface area contributed by atoms with Crippen LogP contribution in [-0.4, -0.2) is 25.9 Å². The van der Waals surface area contributed by atoms with Crippen LogP contribution in [0.1, 0.15) is 39.9 Å². The van der Waals surface area contributed by atoms with Crippen molar-refractivity contribution in [2.24, 2.45) is 0 Å². The van der Waals surface area contributed by atoms with Gasteiger partial charge in [-0.1, -0.05) is 18.2 Å². The third-order valence-electron chi connectivity index (χ3n) is 3.90. The van der Waals surface area contributed by atoms with Crippen molar-refractivity contribution in [3.8, 4) is 0 Å². The molecule has 122 valence electrons. The number of nitrogens with one attached hydrogen (secondary N) is 2. The molecule has 0 saturated heterocycles. The van der Waals surface area contributed by atoms with Gasteiger partial charge in [-0.15, -0.1) is 0 Å². The first-order valence-corrected chi connectivity index (χ1v) is 7.73. The highest BCUT2D eigenvalue weighted by molar-refractivity contribution is 5.94. The highest BCUT2D eigenvalue weighted by Gasteiger charge is 2.08. The molecule has 0 spiro atoms. The molecule has 2 heterocycles. The molecule has 0 radical (unpaired) electrons. The Bertz CT molecular complexity index is 885. The van der Waals surface area contributed by atoms with Gasteiger partial charge in [0.05, 0.1) is 0 Å². The third-order valence-corrected chi connectivity index (χ3v) is 3.90. The summed E-state index contributed by atoms with van der Waals surface area (Å²) in [5.74, 6) is 2.19. The molecule has 0 atom stereocenters. The minimum absolute atomic E-state index is 0.0533. The summed E-state index contributed by atoms with van der Waals surface area (Å²) in [5.41, 5.74) is 3.79. The standard InChI is InChI=1S/C18H19N5O/c1-11-12(2)22-23-18(11)21-16-7-8-19-17(20-16)10-14-5-4-6-15(9-14)13(3)24/h4-9H,10H2,1-3H3,(H2,19,20,21,22,23). The molecule has 0 aliphatic rings. The summed E-state index contributed by atoms with van der Waals surface area (Å²) in [7, 11) is 0. The molecule has 6 nitrogen and oxygen atoms in total. The number of hydrogen-bond donors (Lipinski definition) is 2. The van der Waals surface area contributed by atoms with Gasteiger partial charge in [-0.3, -0.25) is 9.89 Å². The van der Waals surface area contributed by atoms with E-state index in [-0.39, 0.29) is 5.78 Å². The van der Waals surface area contributed by atoms with Crippen LogP contribution in [0.25, 0.3) is 0 Å². The van der Waals surface area contributed by atoms with Gasteiger partial charge < -0.3 is 5.32 Å². The van der Waals surface area contributed by atoms with Crippen LogP contribution >= 0.6 is 0 Å². The first-order valence-electron chi connectivity index (χ1n) is 7.73. The average molecular weight is 321 g/mol. The number of carbonyl (C=O) groups is 1. The molecule has 1 aromatic carbocycles. The molecule has 0 aliphatic carbocycles. The molecule has 0 amide bonds. The van der Waals surface area contributed by atoms with Gasteiger partial charge >= 0.3 is 0 Å². The second-order valence-corrected chi connectivity index (χ2v) is 5.74. The number of aromatic amines is 1. The van der Waals surface area contributed by atoms with E-state index in [1.807, 2.05) is 38.1 Å². The fraction of sp³-hybridized carbons (Fsp3) is 0.222. The van der Waals surface area contributed by atoms with Gasteiger partial charge in [0.2, 0.25) is 0 Å². The molecule has 0 unspecified atom stereocenters. The van der Waals surface area contributed by atoms with Gasteiger partial charge in [-0.05, 0) is 38.5 Å². The fourth-order valence-corrected chi connectivity index (χ4v) is 2.36. The Morgan fingerprint density at radius 3 is 2.79 bits per heavy atom. The number of aromatic nitrogens is 4. The zero-order valence-corrected chi connectivity index (χ0v) is 13.9. The Balaban J connectivity index is 1.79. The van der Waals surface area contributed by atoms with Crippen molar-refractivity contribution in [2.75, 3.05) is 5.32 Å². The molecule has 2 N–H and O–H groups in total. The molecule has 6 heteroatoms. The summed E-state index contributed by atoms with van der Waals surface area (Å²) in [4.78, 5) is 20.3. The highest BCUT2D eigenvalue weighted by Crippen LogP contribution is 2.18. The molecular formula is C18H19N5O. The van der Waals surface area contributed by atoms with Crippen molar-refractivity contribution in [3.05, 3.63) is 64.7 Å². The molecular weight excluding hydrogens is 302 g/mol. The number of ketones is 1. The summed E-state index contributed by atoms with van der Waals surface area (Å²) < 4.78 is 0. The van der Waals surface area contributed by atoms with Crippen LogP contribution in [0.3, 0.4) is 0 Å². The number of benzene rings is 1. The van der Waals surface area contributed by atoms with Gasteiger partial charge in [0.25, 0.3) is 0 Å². The average Bonchev–Trinajstić information content (AvgIpc) is 2.87. The lowest BCUT2D eigenvalue weighted by Crippen LogP contribution is -2.02. The molecule has 24 heavy (non-hydrogen) atoms. The van der Waals surface area contributed by atoms with E-state index in [0.717, 1.165) is 22.6 Å². The van der Waals surface area contributed by atoms with Crippen molar-refractivity contribution < 1.29 is 4.79 Å². The zero-order chi connectivity index (χ0) is 17.1. The highest BCUT2D eigenvalue weighted by atomic mass is 16.1. The molecule has 0 bridgehead atoms. The molecule has 3 rings (SSSR count). The van der Waals surface area contributed by atoms with Crippen molar-refractivity contribution >= 4 is 17.4 Å². The summed E-state index contributed by atoms with van der Waals surface area (Å²) in [6.07, 6.45) is 2.28. The first-order chi connectivity index (χ1) is 11.5. The number of aryl methyl sites for hydroxylation is 1. The van der Waals surface area contributed by atoms with E-state index in [4.69, 9.17) is 0 Å². The number of carbonyl (C=O) groups excluding carboxylic acids is 1. The summed E-state index contributed by atoms with van der Waals surface area (Å²) >= 11 is 0. The van der Waals surface area contributed by atoms with Crippen LogP contribution in [0.4, 0.5) is 11.6 Å². The van der Waals surface area contributed by atoms with E-state index in [1.165, 1.54) is 0 Å². The monoisotopic (exact) mass is 321 g/mol. The van der Waals surface area contributed by atoms with Crippen molar-refractivity contribution in [2.45, 2.75) is 27.2 Å². The quantitative estimate of drug-likeness (QED) is 0.704. The Hall–Kier alpha value is -3.02. The molecule has 3 aromatic rings. The summed E-state index contributed by atoms with van der Waals surface area (Å²) in [6, 6.07) is 9.35. The second kappa shape index (κ2) is 6.62. The van der Waals surface area contributed by atoms with Gasteiger partial charge in [0, 0.05) is 29.4 Å². The number of nitrogens with zero attached hydrogens (tertiary/aromatic N) is 3. The minimum atomic E-state index is 0.0533. The van der Waals surface area contributed by atoms with Crippen molar-refractivity contribution in [1.82, 2.24) is 20.2 Å². The van der Waals surface area contributed by atoms with E-state index < -0.39 is 0 Å². The predicted molar refractivity (Wildman–Crippen MR) is 92.6 cm³/mol. The number of Topliss-reactive ketones (excluding diaryl/α,β-unsaturated/α-hetero) is 1. The molecule has 0 aliphatic heterocycles. The maximum atomic E-state index is 11.5. The van der Waals surface area contributed by atoms with E-state index in [9.17, 15) is 4.79 Å². The SMILES string of the molecule is CC(=O)c1cccc(Cc2nccc(Nc3n[nH]c(C)c3C)n2)c1. The largest absolute Gasteiger partial charge is 0.323 e. The van der Waals surface area contributed by atoms with Crippen molar-refractivity contribution in [1.29, 1.82) is 0 Å². The van der Waals surface area contributed by atoms with Gasteiger partial charge in [-0.2, -0.15) is 5.10 Å². The number of hydrogen-bond acceptors (Lipinski definition) is 5. The fourth-order valence-electron chi connectivity index (χ4n) is 2.36. The molecule has 0 fully saturated rings. The van der Waals surface area contributed by atoms with Gasteiger partial charge in [-0.25, -0.2) is 9.97 Å². The second-order valence-electron chi connectivity index (χ2n) is 5.74. The maximum absolute atomic E-state index is 11.5. The van der Waals surface area contributed by atoms with Crippen LogP contribution in [0.2, 0.25) is 0 Å². The molecule has 0 saturated carbocycles. The van der Waals surface area contributed by atoms with E-state index in [2.05, 4.69) is 25.5 Å². The third kappa shape index (κ3) is 3.48. The van der Waals surface area contributed by atoms with Gasteiger partial charge in [0.1, 0.15) is 11.6 Å². The predicted octanol–water partition coefficient (Wildman–Crippen LogP) is 3.35. The van der Waals surface area contributed by atoms with Crippen LogP contribution < -0.4 is 5.32 Å². The lowest BCUT2D eigenvalue weighted by atomic mass is 10.1. The van der Waals surface area contributed by atoms with E-state index in [0.29, 0.717) is 23.6 Å². The van der Waals surface area contributed by atoms with Crippen LogP contribution in [0, 0.1) is 13.8 Å². The summed E-state index contributed by atoms with van der Waals surface area (Å²) in [5, 5.41) is 10.4. The Morgan fingerprint density at radius 2 is 2.08 bits per heavy atom. The Kier molecular flexibility index (Phi) is 4.37. The lowest BCUT2D eigenvalue weighted by molar-refractivity contribution is 0.101. The zero-order valence-electron chi connectivity index (χ0n) is 13.9. The van der Waals surface area contributed by atoms with Gasteiger partial charge in [0.15, 0.2) is 11.6 Å². The maximum Gasteiger partial charge on any atom is 0.159 e. The molecule has 2 aromatic heterocycles. The van der Waals surface area contributed by atoms with Crippen LogP contribution in [-0.2, 0) is 6.42 Å². The normalized spacial score (nSPS) is 10.6. The summed E-state index contributed by atoms with van der Waals surface area (Å²) in [6.45, 7) is 5.53. The smallest absolute Gasteiger partial charge is 0.159 e. The van der Waals surface area contributed by atoms with Crippen LogP contribution in [0.15, 0.2) is 36.5 Å². The minimum Gasteiger partial charge on any atom is -0.323 e. The topological polar surface area (TPSA) is 83.6 Å². The Morgan fingerprint density at radius 1 is 1.25 bits per heavy atom. The number of anilines is 2. The lowest BCUT2D eigenvalue weighted by Gasteiger charge is -2.06.